The topological polar surface area (TPSA) is 74.8 Å². The molecule has 1 aromatic carbocycles. The summed E-state index contributed by atoms with van der Waals surface area (Å²) in [7, 11) is 1.71. The number of amides is 1. The summed E-state index contributed by atoms with van der Waals surface area (Å²) in [6.07, 6.45) is -0.419. The van der Waals surface area contributed by atoms with Crippen molar-refractivity contribution in [3.05, 3.63) is 33.8 Å². The third-order valence-corrected chi connectivity index (χ3v) is 3.55. The zero-order valence-corrected chi connectivity index (χ0v) is 16.6. The summed E-state index contributed by atoms with van der Waals surface area (Å²) in [6.45, 7) is 9.26. The summed E-state index contributed by atoms with van der Waals surface area (Å²) in [6, 6.07) is 6.17. The molecule has 134 valence electrons. The van der Waals surface area contributed by atoms with Gasteiger partial charge in [-0.25, -0.2) is 4.79 Å². The molecule has 0 fully saturated rings. The normalized spacial score (nSPS) is 11.8. The van der Waals surface area contributed by atoms with Crippen LogP contribution in [0.3, 0.4) is 0 Å². The highest BCUT2D eigenvalue weighted by molar-refractivity contribution is 9.10. The fourth-order valence-corrected chi connectivity index (χ4v) is 2.39. The summed E-state index contributed by atoms with van der Waals surface area (Å²) in [4.78, 5) is 15.7. The Kier molecular flexibility index (Phi) is 8.04. The van der Waals surface area contributed by atoms with E-state index in [2.05, 4.69) is 55.9 Å². The number of aliphatic imine (C=N–C) groups is 1. The molecule has 0 saturated carbocycles. The molecule has 0 spiro atoms. The molecule has 0 radical (unpaired) electrons. The molecule has 0 saturated heterocycles. The van der Waals surface area contributed by atoms with Crippen molar-refractivity contribution in [2.75, 3.05) is 20.1 Å². The first-order valence-electron chi connectivity index (χ1n) is 7.87. The number of hydrogen-bond acceptors (Lipinski definition) is 3. The third kappa shape index (κ3) is 8.19. The smallest absolute Gasteiger partial charge is 0.407 e. The number of nitrogens with one attached hydrogen (secondary N) is 3. The summed E-state index contributed by atoms with van der Waals surface area (Å²) >= 11 is 3.46. The standard InChI is InChI=1S/C17H27BrN4O2/c1-12-10-14(18)7-6-13(12)11-22-15(19-5)20-8-9-21-16(23)24-17(2,3)4/h6-7,10H,8-9,11H2,1-5H3,(H,21,23)(H2,19,20,22). The molecule has 0 aliphatic heterocycles. The lowest BCUT2D eigenvalue weighted by Gasteiger charge is -2.20. The van der Waals surface area contributed by atoms with Crippen molar-refractivity contribution in [3.8, 4) is 0 Å². The minimum absolute atomic E-state index is 0.419. The first kappa shape index (κ1) is 20.3. The maximum absolute atomic E-state index is 11.5. The second kappa shape index (κ2) is 9.52. The van der Waals surface area contributed by atoms with Crippen molar-refractivity contribution in [3.63, 3.8) is 0 Å². The van der Waals surface area contributed by atoms with Crippen LogP contribution in [0.2, 0.25) is 0 Å². The summed E-state index contributed by atoms with van der Waals surface area (Å²) < 4.78 is 6.24. The maximum atomic E-state index is 11.5. The Bertz CT molecular complexity index is 582. The van der Waals surface area contributed by atoms with Crippen LogP contribution in [0.15, 0.2) is 27.7 Å². The quantitative estimate of drug-likeness (QED) is 0.404. The van der Waals surface area contributed by atoms with Gasteiger partial charge < -0.3 is 20.7 Å². The number of carbonyl (C=O) groups excluding carboxylic acids is 1. The first-order valence-corrected chi connectivity index (χ1v) is 8.67. The molecule has 6 nitrogen and oxygen atoms in total. The summed E-state index contributed by atoms with van der Waals surface area (Å²) in [5, 5.41) is 9.10. The maximum Gasteiger partial charge on any atom is 0.407 e. The number of nitrogens with zero attached hydrogens (tertiary/aromatic N) is 1. The van der Waals surface area contributed by atoms with E-state index in [4.69, 9.17) is 4.74 Å². The Labute approximate surface area is 152 Å². The number of aryl methyl sites for hydroxylation is 1. The number of hydrogen-bond donors (Lipinski definition) is 3. The lowest BCUT2D eigenvalue weighted by Crippen LogP contribution is -2.42. The van der Waals surface area contributed by atoms with E-state index in [0.717, 1.165) is 4.47 Å². The van der Waals surface area contributed by atoms with Gasteiger partial charge in [-0.3, -0.25) is 4.99 Å². The fraction of sp³-hybridized carbons (Fsp3) is 0.529. The van der Waals surface area contributed by atoms with E-state index < -0.39 is 11.7 Å². The monoisotopic (exact) mass is 398 g/mol. The first-order chi connectivity index (χ1) is 11.2. The van der Waals surface area contributed by atoms with Gasteiger partial charge in [0, 0.05) is 31.2 Å². The zero-order valence-electron chi connectivity index (χ0n) is 15.0. The van der Waals surface area contributed by atoms with Crippen LogP contribution >= 0.6 is 15.9 Å². The van der Waals surface area contributed by atoms with E-state index in [1.165, 1.54) is 11.1 Å². The highest BCUT2D eigenvalue weighted by Crippen LogP contribution is 2.15. The molecule has 3 N–H and O–H groups in total. The van der Waals surface area contributed by atoms with E-state index in [9.17, 15) is 4.79 Å². The van der Waals surface area contributed by atoms with Gasteiger partial charge in [0.15, 0.2) is 5.96 Å². The van der Waals surface area contributed by atoms with Gasteiger partial charge in [-0.05, 0) is 51.0 Å². The predicted molar refractivity (Wildman–Crippen MR) is 101 cm³/mol. The van der Waals surface area contributed by atoms with Crippen LogP contribution < -0.4 is 16.0 Å². The summed E-state index contributed by atoms with van der Waals surface area (Å²) in [5.41, 5.74) is 1.92. The largest absolute Gasteiger partial charge is 0.444 e. The Morgan fingerprint density at radius 2 is 1.88 bits per heavy atom. The molecular weight excluding hydrogens is 372 g/mol. The second-order valence-electron chi connectivity index (χ2n) is 6.35. The lowest BCUT2D eigenvalue weighted by atomic mass is 10.1. The Morgan fingerprint density at radius 1 is 1.21 bits per heavy atom. The van der Waals surface area contributed by atoms with Crippen LogP contribution in [0.5, 0.6) is 0 Å². The van der Waals surface area contributed by atoms with E-state index in [0.29, 0.717) is 25.6 Å². The van der Waals surface area contributed by atoms with E-state index in [1.54, 1.807) is 7.05 Å². The number of rotatable bonds is 5. The Balaban J connectivity index is 2.32. The van der Waals surface area contributed by atoms with Crippen LogP contribution in [0, 0.1) is 6.92 Å². The second-order valence-corrected chi connectivity index (χ2v) is 7.27. The number of halogens is 1. The number of ether oxygens (including phenoxy) is 1. The van der Waals surface area contributed by atoms with Gasteiger partial charge in [-0.15, -0.1) is 0 Å². The molecule has 1 rings (SSSR count). The van der Waals surface area contributed by atoms with Crippen LogP contribution in [0.1, 0.15) is 31.9 Å². The molecule has 1 aromatic rings. The molecule has 0 bridgehead atoms. The van der Waals surface area contributed by atoms with E-state index in [-0.39, 0.29) is 0 Å². The molecule has 0 heterocycles. The number of alkyl carbamates (subject to hydrolysis) is 1. The van der Waals surface area contributed by atoms with Crippen molar-refractivity contribution in [1.29, 1.82) is 0 Å². The predicted octanol–water partition coefficient (Wildman–Crippen LogP) is 2.95. The summed E-state index contributed by atoms with van der Waals surface area (Å²) in [5.74, 6) is 0.684. The fourth-order valence-electron chi connectivity index (χ4n) is 1.92. The van der Waals surface area contributed by atoms with E-state index >= 15 is 0 Å². The van der Waals surface area contributed by atoms with E-state index in [1.807, 2.05) is 26.8 Å². The highest BCUT2D eigenvalue weighted by atomic mass is 79.9. The van der Waals surface area contributed by atoms with Crippen molar-refractivity contribution < 1.29 is 9.53 Å². The molecule has 24 heavy (non-hydrogen) atoms. The van der Waals surface area contributed by atoms with Gasteiger partial charge in [0.2, 0.25) is 0 Å². The van der Waals surface area contributed by atoms with Crippen molar-refractivity contribution in [1.82, 2.24) is 16.0 Å². The number of guanidine groups is 1. The molecule has 0 unspecified atom stereocenters. The van der Waals surface area contributed by atoms with Crippen LogP contribution in [-0.4, -0.2) is 37.8 Å². The van der Waals surface area contributed by atoms with Gasteiger partial charge in [-0.2, -0.15) is 0 Å². The average Bonchev–Trinajstić information content (AvgIpc) is 2.46. The van der Waals surface area contributed by atoms with Crippen molar-refractivity contribution in [2.45, 2.75) is 39.8 Å². The molecule has 0 aromatic heterocycles. The van der Waals surface area contributed by atoms with Gasteiger partial charge >= 0.3 is 6.09 Å². The van der Waals surface area contributed by atoms with Crippen LogP contribution in [-0.2, 0) is 11.3 Å². The molecule has 0 atom stereocenters. The SMILES string of the molecule is CN=C(NCCNC(=O)OC(C)(C)C)NCc1ccc(Br)cc1C. The van der Waals surface area contributed by atoms with Crippen LogP contribution in [0.25, 0.3) is 0 Å². The van der Waals surface area contributed by atoms with Crippen LogP contribution in [0.4, 0.5) is 4.79 Å². The Morgan fingerprint density at radius 3 is 2.46 bits per heavy atom. The van der Waals surface area contributed by atoms with Gasteiger partial charge in [0.1, 0.15) is 5.60 Å². The minimum Gasteiger partial charge on any atom is -0.444 e. The molecular formula is C17H27BrN4O2. The van der Waals surface area contributed by atoms with Gasteiger partial charge in [0.25, 0.3) is 0 Å². The molecule has 7 heteroatoms. The van der Waals surface area contributed by atoms with Gasteiger partial charge in [-0.1, -0.05) is 22.0 Å². The molecule has 0 aliphatic carbocycles. The zero-order chi connectivity index (χ0) is 18.2. The molecule has 0 aliphatic rings. The molecule has 1 amide bonds. The Hall–Kier alpha value is -1.76. The lowest BCUT2D eigenvalue weighted by molar-refractivity contribution is 0.0529. The number of carbonyl (C=O) groups is 1. The van der Waals surface area contributed by atoms with Gasteiger partial charge in [0.05, 0.1) is 0 Å². The highest BCUT2D eigenvalue weighted by Gasteiger charge is 2.15. The average molecular weight is 399 g/mol. The van der Waals surface area contributed by atoms with Crippen molar-refractivity contribution >= 4 is 28.0 Å². The van der Waals surface area contributed by atoms with Crippen molar-refractivity contribution in [2.24, 2.45) is 4.99 Å². The minimum atomic E-state index is -0.488. The third-order valence-electron chi connectivity index (χ3n) is 3.06. The number of benzene rings is 1.